The van der Waals surface area contributed by atoms with Crippen LogP contribution >= 0.6 is 35.0 Å². The Morgan fingerprint density at radius 3 is 2.30 bits per heavy atom. The molecule has 0 fully saturated rings. The smallest absolute Gasteiger partial charge is 0.253 e. The Labute approximate surface area is 188 Å². The van der Waals surface area contributed by atoms with Crippen molar-refractivity contribution in [3.63, 3.8) is 0 Å². The lowest BCUT2D eigenvalue weighted by molar-refractivity contribution is -0.118. The van der Waals surface area contributed by atoms with Crippen molar-refractivity contribution in [2.45, 2.75) is 12.5 Å². The topological polar surface area (TPSA) is 61.4 Å². The predicted molar refractivity (Wildman–Crippen MR) is 120 cm³/mol. The van der Waals surface area contributed by atoms with Gasteiger partial charge in [-0.3, -0.25) is 9.59 Å². The minimum absolute atomic E-state index is 0.0477. The lowest BCUT2D eigenvalue weighted by Gasteiger charge is -2.20. The van der Waals surface area contributed by atoms with Gasteiger partial charge in [0.2, 0.25) is 5.91 Å². The molecule has 1 atom stereocenters. The van der Waals surface area contributed by atoms with Crippen LogP contribution in [0.4, 0.5) is 20.2 Å². The SMILES string of the molecule is CSCCC(NC(=O)c1ccc(Cl)cc1Cl)C(=O)Nc1cc(F)c(N(C)C)c(F)c1. The molecule has 0 bridgehead atoms. The third kappa shape index (κ3) is 6.23. The molecule has 0 radical (unpaired) electrons. The van der Waals surface area contributed by atoms with E-state index in [-0.39, 0.29) is 22.0 Å². The van der Waals surface area contributed by atoms with Crippen LogP contribution in [-0.4, -0.2) is 44.0 Å². The van der Waals surface area contributed by atoms with Crippen LogP contribution in [0.1, 0.15) is 16.8 Å². The fourth-order valence-corrected chi connectivity index (χ4v) is 3.67. The van der Waals surface area contributed by atoms with Crippen LogP contribution in [0.5, 0.6) is 0 Å². The first-order chi connectivity index (χ1) is 14.1. The summed E-state index contributed by atoms with van der Waals surface area (Å²) in [4.78, 5) is 26.6. The van der Waals surface area contributed by atoms with Gasteiger partial charge in [-0.15, -0.1) is 0 Å². The van der Waals surface area contributed by atoms with Gasteiger partial charge in [-0.1, -0.05) is 23.2 Å². The monoisotopic (exact) mass is 475 g/mol. The van der Waals surface area contributed by atoms with E-state index in [1.165, 1.54) is 49.0 Å². The maximum Gasteiger partial charge on any atom is 0.253 e. The zero-order valence-corrected chi connectivity index (χ0v) is 18.9. The Hall–Kier alpha value is -2.03. The molecule has 1 unspecified atom stereocenters. The summed E-state index contributed by atoms with van der Waals surface area (Å²) in [6.07, 6.45) is 2.17. The fourth-order valence-electron chi connectivity index (χ4n) is 2.71. The highest BCUT2D eigenvalue weighted by molar-refractivity contribution is 7.98. The van der Waals surface area contributed by atoms with Crippen LogP contribution in [0.2, 0.25) is 10.0 Å². The van der Waals surface area contributed by atoms with E-state index in [1.54, 1.807) is 0 Å². The minimum atomic E-state index is -0.934. The number of benzene rings is 2. The van der Waals surface area contributed by atoms with Crippen molar-refractivity contribution in [3.05, 3.63) is 57.6 Å². The molecule has 2 aromatic rings. The number of rotatable bonds is 8. The molecule has 5 nitrogen and oxygen atoms in total. The van der Waals surface area contributed by atoms with Crippen molar-refractivity contribution in [2.75, 3.05) is 36.3 Å². The van der Waals surface area contributed by atoms with Crippen molar-refractivity contribution >= 4 is 58.2 Å². The first-order valence-corrected chi connectivity index (χ1v) is 11.0. The van der Waals surface area contributed by atoms with E-state index in [4.69, 9.17) is 23.2 Å². The van der Waals surface area contributed by atoms with E-state index in [2.05, 4.69) is 10.6 Å². The van der Waals surface area contributed by atoms with Crippen molar-refractivity contribution < 1.29 is 18.4 Å². The first-order valence-electron chi connectivity index (χ1n) is 8.86. The summed E-state index contributed by atoms with van der Waals surface area (Å²) in [5.74, 6) is -2.20. The number of amides is 2. The standard InChI is InChI=1S/C20H21Cl2F2N3O2S/c1-27(2)18-15(23)9-12(10-16(18)24)25-20(29)17(6-7-30-3)26-19(28)13-5-4-11(21)8-14(13)22/h4-5,8-10,17H,6-7H2,1-3H3,(H,25,29)(H,26,28). The lowest BCUT2D eigenvalue weighted by atomic mass is 10.1. The summed E-state index contributed by atoms with van der Waals surface area (Å²) in [6, 6.07) is 5.51. The molecule has 2 rings (SSSR count). The number of carbonyl (C=O) groups excluding carboxylic acids is 2. The summed E-state index contributed by atoms with van der Waals surface area (Å²) in [5.41, 5.74) is -0.0958. The molecule has 10 heteroatoms. The summed E-state index contributed by atoms with van der Waals surface area (Å²) in [6.45, 7) is 0. The molecule has 30 heavy (non-hydrogen) atoms. The lowest BCUT2D eigenvalue weighted by Crippen LogP contribution is -2.44. The van der Waals surface area contributed by atoms with Crippen molar-refractivity contribution in [3.8, 4) is 0 Å². The molecule has 2 aromatic carbocycles. The van der Waals surface area contributed by atoms with Gasteiger partial charge in [0.1, 0.15) is 11.7 Å². The molecule has 2 N–H and O–H groups in total. The average Bonchev–Trinajstić information content (AvgIpc) is 2.63. The molecule has 0 aromatic heterocycles. The fraction of sp³-hybridized carbons (Fsp3) is 0.300. The molecule has 162 valence electrons. The normalized spacial score (nSPS) is 11.7. The number of halogens is 4. The van der Waals surface area contributed by atoms with E-state index in [0.29, 0.717) is 17.2 Å². The van der Waals surface area contributed by atoms with E-state index in [0.717, 1.165) is 12.1 Å². The zero-order chi connectivity index (χ0) is 22.4. The Morgan fingerprint density at radius 1 is 1.13 bits per heavy atom. The van der Waals surface area contributed by atoms with Crippen molar-refractivity contribution in [2.24, 2.45) is 0 Å². The minimum Gasteiger partial charge on any atom is -0.373 e. The van der Waals surface area contributed by atoms with E-state index < -0.39 is 29.5 Å². The molecule has 0 aliphatic carbocycles. The number of nitrogens with zero attached hydrogens (tertiary/aromatic N) is 1. The number of hydrogen-bond acceptors (Lipinski definition) is 4. The van der Waals surface area contributed by atoms with Gasteiger partial charge in [-0.2, -0.15) is 11.8 Å². The van der Waals surface area contributed by atoms with Gasteiger partial charge >= 0.3 is 0 Å². The number of carbonyl (C=O) groups is 2. The third-order valence-electron chi connectivity index (χ3n) is 4.14. The van der Waals surface area contributed by atoms with Crippen LogP contribution in [0.15, 0.2) is 30.3 Å². The summed E-state index contributed by atoms with van der Waals surface area (Å²) >= 11 is 13.4. The van der Waals surface area contributed by atoms with Crippen LogP contribution in [0.25, 0.3) is 0 Å². The van der Waals surface area contributed by atoms with E-state index in [1.807, 2.05) is 6.26 Å². The quantitative estimate of drug-likeness (QED) is 0.573. The molecular weight excluding hydrogens is 455 g/mol. The van der Waals surface area contributed by atoms with Gasteiger partial charge in [-0.25, -0.2) is 8.78 Å². The second-order valence-corrected chi connectivity index (χ2v) is 8.43. The first kappa shape index (κ1) is 24.2. The number of nitrogens with one attached hydrogen (secondary N) is 2. The van der Waals surface area contributed by atoms with Gasteiger partial charge in [-0.05, 0) is 48.8 Å². The number of anilines is 2. The second kappa shape index (κ2) is 10.8. The highest BCUT2D eigenvalue weighted by Crippen LogP contribution is 2.26. The molecule has 0 saturated heterocycles. The van der Waals surface area contributed by atoms with E-state index in [9.17, 15) is 18.4 Å². The van der Waals surface area contributed by atoms with Gasteiger partial charge in [0.25, 0.3) is 5.91 Å². The Bertz CT molecular complexity index is 921. The van der Waals surface area contributed by atoms with Crippen LogP contribution in [0, 0.1) is 11.6 Å². The molecule has 2 amide bonds. The van der Waals surface area contributed by atoms with Gasteiger partial charge in [0.15, 0.2) is 11.6 Å². The number of hydrogen-bond donors (Lipinski definition) is 2. The predicted octanol–water partition coefficient (Wildman–Crippen LogP) is 4.83. The van der Waals surface area contributed by atoms with Gasteiger partial charge in [0.05, 0.1) is 10.6 Å². The summed E-state index contributed by atoms with van der Waals surface area (Å²) in [5, 5.41) is 5.60. The van der Waals surface area contributed by atoms with Crippen LogP contribution < -0.4 is 15.5 Å². The maximum atomic E-state index is 14.2. The molecular formula is C20H21Cl2F2N3O2S. The molecule has 0 aliphatic rings. The largest absolute Gasteiger partial charge is 0.373 e. The Balaban J connectivity index is 2.20. The molecule has 0 aliphatic heterocycles. The molecule has 0 saturated carbocycles. The van der Waals surface area contributed by atoms with Crippen molar-refractivity contribution in [1.29, 1.82) is 0 Å². The van der Waals surface area contributed by atoms with Gasteiger partial charge < -0.3 is 15.5 Å². The molecule has 0 heterocycles. The zero-order valence-electron chi connectivity index (χ0n) is 16.6. The highest BCUT2D eigenvalue weighted by atomic mass is 35.5. The van der Waals surface area contributed by atoms with Crippen LogP contribution in [-0.2, 0) is 4.79 Å². The maximum absolute atomic E-state index is 14.2. The van der Waals surface area contributed by atoms with E-state index >= 15 is 0 Å². The second-order valence-electron chi connectivity index (χ2n) is 6.60. The number of thioether (sulfide) groups is 1. The molecule has 0 spiro atoms. The summed E-state index contributed by atoms with van der Waals surface area (Å²) < 4.78 is 28.4. The van der Waals surface area contributed by atoms with Gasteiger partial charge in [0, 0.05) is 24.8 Å². The Morgan fingerprint density at radius 2 is 1.77 bits per heavy atom. The summed E-state index contributed by atoms with van der Waals surface area (Å²) in [7, 11) is 3.02. The average molecular weight is 476 g/mol. The highest BCUT2D eigenvalue weighted by Gasteiger charge is 2.23. The Kier molecular flexibility index (Phi) is 8.76. The van der Waals surface area contributed by atoms with Crippen LogP contribution in [0.3, 0.4) is 0 Å². The van der Waals surface area contributed by atoms with Crippen molar-refractivity contribution in [1.82, 2.24) is 5.32 Å². The third-order valence-corrected chi connectivity index (χ3v) is 5.33.